The van der Waals surface area contributed by atoms with E-state index in [2.05, 4.69) is 6.58 Å². The smallest absolute Gasteiger partial charge is 0.338 e. The average molecular weight is 913 g/mol. The molecule has 3 aliphatic heterocycles. The van der Waals surface area contributed by atoms with Gasteiger partial charge in [0, 0.05) is 14.2 Å². The summed E-state index contributed by atoms with van der Waals surface area (Å²) in [6.45, 7) is 5.67. The van der Waals surface area contributed by atoms with Gasteiger partial charge < -0.3 is 61.9 Å². The molecule has 0 unspecified atom stereocenters. The van der Waals surface area contributed by atoms with Crippen LogP contribution in [0.2, 0.25) is 0 Å². The second-order valence-corrected chi connectivity index (χ2v) is 15.6. The van der Waals surface area contributed by atoms with E-state index in [1.165, 1.54) is 56.7 Å². The van der Waals surface area contributed by atoms with Gasteiger partial charge in [-0.1, -0.05) is 78.9 Å². The lowest BCUT2D eigenvalue weighted by Gasteiger charge is -2.57. The molecule has 0 bridgehead atoms. The molecule has 350 valence electrons. The standard InChI is InChI=1S/C49H52O17/c1-6-27-57-46-41(39-37(34(28-50)59-46)65-48(2,55-4)49(3,56-5)66-39)64-47-40(63-45(54)33-25-17-10-18-26-33)38(62-44(53)32-23-15-9-16-24-32)36(61-43(52)31-21-13-8-14-22-31)35(60-47)29-58-42(51)30-19-11-7-12-20-30/h6-26,34-41,46-47,50H,1,27-29H2,2-5H3/t34-,35-,36-,37-,38+,39+,40+,41+,46+,47-,48+,49+/m1/s1. The Hall–Kier alpha value is -5.86. The first-order valence-electron chi connectivity index (χ1n) is 21.2. The Balaban J connectivity index is 1.36. The van der Waals surface area contributed by atoms with Crippen LogP contribution < -0.4 is 0 Å². The normalized spacial score (nSPS) is 30.5. The van der Waals surface area contributed by atoms with Gasteiger partial charge in [-0.25, -0.2) is 19.2 Å². The van der Waals surface area contributed by atoms with E-state index in [1.54, 1.807) is 98.8 Å². The zero-order valence-electron chi connectivity index (χ0n) is 36.7. The average Bonchev–Trinajstić information content (AvgIpc) is 3.35. The molecule has 12 atom stereocenters. The number of carbonyl (C=O) groups is 4. The van der Waals surface area contributed by atoms with Crippen molar-refractivity contribution in [2.75, 3.05) is 34.0 Å². The summed E-state index contributed by atoms with van der Waals surface area (Å²) in [5, 5.41) is 10.6. The molecule has 0 radical (unpaired) electrons. The number of benzene rings is 4. The van der Waals surface area contributed by atoms with Crippen LogP contribution in [0.15, 0.2) is 134 Å². The molecule has 17 heteroatoms. The molecule has 0 amide bonds. The van der Waals surface area contributed by atoms with Gasteiger partial charge in [0.25, 0.3) is 0 Å². The molecular formula is C49H52O17. The Morgan fingerprint density at radius 3 is 1.45 bits per heavy atom. The fraction of sp³-hybridized carbons (Fsp3) is 0.388. The lowest BCUT2D eigenvalue weighted by atomic mass is 9.93. The van der Waals surface area contributed by atoms with Crippen molar-refractivity contribution in [3.05, 3.63) is 156 Å². The third-order valence-electron chi connectivity index (χ3n) is 11.5. The first-order valence-corrected chi connectivity index (χ1v) is 21.2. The Bertz CT molecular complexity index is 2250. The number of carbonyl (C=O) groups excluding carboxylic acids is 4. The monoisotopic (exact) mass is 912 g/mol. The van der Waals surface area contributed by atoms with Gasteiger partial charge in [0.05, 0.1) is 35.5 Å². The molecule has 7 rings (SSSR count). The summed E-state index contributed by atoms with van der Waals surface area (Å²) in [5.74, 6) is -6.63. The number of esters is 4. The lowest BCUT2D eigenvalue weighted by molar-refractivity contribution is -0.486. The molecule has 3 saturated heterocycles. The van der Waals surface area contributed by atoms with E-state index in [0.717, 1.165) is 0 Å². The van der Waals surface area contributed by atoms with Crippen LogP contribution >= 0.6 is 0 Å². The largest absolute Gasteiger partial charge is 0.459 e. The second kappa shape index (κ2) is 21.6. The van der Waals surface area contributed by atoms with Crippen molar-refractivity contribution in [2.45, 2.75) is 86.8 Å². The van der Waals surface area contributed by atoms with E-state index < -0.39 is 110 Å². The predicted molar refractivity (Wildman–Crippen MR) is 230 cm³/mol. The van der Waals surface area contributed by atoms with Gasteiger partial charge in [-0.05, 0) is 62.4 Å². The highest BCUT2D eigenvalue weighted by molar-refractivity contribution is 5.91. The molecule has 66 heavy (non-hydrogen) atoms. The van der Waals surface area contributed by atoms with Crippen molar-refractivity contribution in [3.8, 4) is 0 Å². The number of aliphatic hydroxyl groups excluding tert-OH is 1. The first kappa shape index (κ1) is 48.1. The van der Waals surface area contributed by atoms with Gasteiger partial charge in [0.15, 0.2) is 30.9 Å². The molecule has 0 saturated carbocycles. The van der Waals surface area contributed by atoms with Gasteiger partial charge >= 0.3 is 23.9 Å². The number of methoxy groups -OCH3 is 2. The Morgan fingerprint density at radius 2 is 1.00 bits per heavy atom. The number of fused-ring (bicyclic) bond motifs is 1. The van der Waals surface area contributed by atoms with Crippen LogP contribution in [0.5, 0.6) is 0 Å². The molecule has 3 aliphatic rings. The maximum atomic E-state index is 14.2. The highest BCUT2D eigenvalue weighted by atomic mass is 16.8. The van der Waals surface area contributed by atoms with Crippen LogP contribution in [0.4, 0.5) is 0 Å². The fourth-order valence-corrected chi connectivity index (χ4v) is 7.74. The van der Waals surface area contributed by atoms with Crippen molar-refractivity contribution >= 4 is 23.9 Å². The Kier molecular flexibility index (Phi) is 15.8. The van der Waals surface area contributed by atoms with E-state index in [1.807, 2.05) is 0 Å². The maximum absolute atomic E-state index is 14.2. The molecule has 4 aromatic carbocycles. The maximum Gasteiger partial charge on any atom is 0.338 e. The van der Waals surface area contributed by atoms with Crippen LogP contribution in [0.3, 0.4) is 0 Å². The summed E-state index contributed by atoms with van der Waals surface area (Å²) >= 11 is 0. The van der Waals surface area contributed by atoms with Crippen molar-refractivity contribution in [2.24, 2.45) is 0 Å². The Labute approximate surface area is 381 Å². The van der Waals surface area contributed by atoms with E-state index >= 15 is 0 Å². The molecule has 4 aromatic rings. The highest BCUT2D eigenvalue weighted by Crippen LogP contribution is 2.45. The van der Waals surface area contributed by atoms with Gasteiger partial charge in [-0.2, -0.15) is 0 Å². The minimum absolute atomic E-state index is 0.0803. The summed E-state index contributed by atoms with van der Waals surface area (Å²) in [5.41, 5.74) is 0.509. The zero-order chi connectivity index (χ0) is 46.8. The van der Waals surface area contributed by atoms with Crippen LogP contribution in [0.1, 0.15) is 55.3 Å². The molecule has 0 spiro atoms. The fourth-order valence-electron chi connectivity index (χ4n) is 7.74. The molecule has 3 fully saturated rings. The van der Waals surface area contributed by atoms with Gasteiger partial charge in [0.1, 0.15) is 37.1 Å². The number of hydrogen-bond donors (Lipinski definition) is 1. The highest BCUT2D eigenvalue weighted by Gasteiger charge is 2.64. The van der Waals surface area contributed by atoms with Gasteiger partial charge in [-0.3, -0.25) is 0 Å². The van der Waals surface area contributed by atoms with Crippen LogP contribution in [0.25, 0.3) is 0 Å². The molecular weight excluding hydrogens is 861 g/mol. The van der Waals surface area contributed by atoms with E-state index in [9.17, 15) is 24.3 Å². The number of ether oxygens (including phenoxy) is 12. The van der Waals surface area contributed by atoms with Crippen molar-refractivity contribution in [1.82, 2.24) is 0 Å². The van der Waals surface area contributed by atoms with E-state index in [4.69, 9.17) is 56.8 Å². The quantitative estimate of drug-likeness (QED) is 0.0837. The van der Waals surface area contributed by atoms with Crippen molar-refractivity contribution < 1.29 is 81.1 Å². The van der Waals surface area contributed by atoms with Crippen LogP contribution in [0, 0.1) is 0 Å². The minimum atomic E-state index is -1.79. The minimum Gasteiger partial charge on any atom is -0.459 e. The summed E-state index contributed by atoms with van der Waals surface area (Å²) < 4.78 is 75.0. The number of rotatable bonds is 17. The predicted octanol–water partition coefficient (Wildman–Crippen LogP) is 5.06. The molecule has 0 aromatic heterocycles. The Morgan fingerprint density at radius 1 is 0.576 bits per heavy atom. The lowest BCUT2D eigenvalue weighted by Crippen LogP contribution is -2.74. The summed E-state index contributed by atoms with van der Waals surface area (Å²) in [7, 11) is 2.78. The summed E-state index contributed by atoms with van der Waals surface area (Å²) in [6.07, 6.45) is -13.2. The summed E-state index contributed by atoms with van der Waals surface area (Å²) in [6, 6.07) is 32.0. The van der Waals surface area contributed by atoms with Crippen LogP contribution in [-0.4, -0.2) is 136 Å². The van der Waals surface area contributed by atoms with Crippen molar-refractivity contribution in [1.29, 1.82) is 0 Å². The SMILES string of the molecule is C=CCO[C@H]1O[C@H](CO)[C@H]2O[C@](C)(OC)[C@@](C)(OC)O[C@@H]2[C@@H]1O[C@H]1O[C@H](COC(=O)c2ccccc2)[C@@H](OC(=O)c2ccccc2)[C@H](OC(=O)c2ccccc2)[C@@H]1OC(=O)c1ccccc1. The molecule has 0 aliphatic carbocycles. The zero-order valence-corrected chi connectivity index (χ0v) is 36.7. The molecule has 17 nitrogen and oxygen atoms in total. The third-order valence-corrected chi connectivity index (χ3v) is 11.5. The number of aliphatic hydroxyl groups is 1. The van der Waals surface area contributed by atoms with Gasteiger partial charge in [-0.15, -0.1) is 6.58 Å². The topological polar surface area (TPSA) is 199 Å². The second-order valence-electron chi connectivity index (χ2n) is 15.6. The van der Waals surface area contributed by atoms with E-state index in [-0.39, 0.29) is 28.9 Å². The summed E-state index contributed by atoms with van der Waals surface area (Å²) in [4.78, 5) is 55.9. The third kappa shape index (κ3) is 10.5. The van der Waals surface area contributed by atoms with Crippen molar-refractivity contribution in [3.63, 3.8) is 0 Å². The first-order chi connectivity index (χ1) is 31.9. The molecule has 1 N–H and O–H groups in total. The van der Waals surface area contributed by atoms with Crippen LogP contribution in [-0.2, 0) is 56.8 Å². The van der Waals surface area contributed by atoms with Gasteiger partial charge in [0.2, 0.25) is 11.6 Å². The van der Waals surface area contributed by atoms with E-state index in [0.29, 0.717) is 0 Å². The number of hydrogen-bond acceptors (Lipinski definition) is 17. The molecule has 3 heterocycles.